The maximum absolute atomic E-state index is 13.1. The Morgan fingerprint density at radius 2 is 2.14 bits per heavy atom. The fourth-order valence-corrected chi connectivity index (χ4v) is 1.22. The van der Waals surface area contributed by atoms with Gasteiger partial charge < -0.3 is 0 Å². The van der Waals surface area contributed by atoms with E-state index >= 15 is 0 Å². The Bertz CT molecular complexity index is 513. The monoisotopic (exact) mass is 192 g/mol. The lowest BCUT2D eigenvalue weighted by atomic mass is 10.2. The molecule has 5 heteroatoms. The fraction of sp³-hybridized carbons (Fsp3) is 0. The third kappa shape index (κ3) is 1.28. The summed E-state index contributed by atoms with van der Waals surface area (Å²) in [5, 5.41) is 10.7. The first kappa shape index (κ1) is 8.55. The van der Waals surface area contributed by atoms with Crippen molar-refractivity contribution in [3.63, 3.8) is 0 Å². The Hall–Kier alpha value is -2.04. The van der Waals surface area contributed by atoms with Crippen molar-refractivity contribution in [2.75, 3.05) is 0 Å². The number of nitro groups is 1. The smallest absolute Gasteiger partial charge is 0.258 e. The Balaban J connectivity index is 2.73. The molecule has 2 rings (SSSR count). The van der Waals surface area contributed by atoms with Gasteiger partial charge in [-0.1, -0.05) is 0 Å². The first-order valence-electron chi connectivity index (χ1n) is 3.87. The third-order valence-electron chi connectivity index (χ3n) is 1.88. The van der Waals surface area contributed by atoms with Crippen molar-refractivity contribution in [2.45, 2.75) is 0 Å². The van der Waals surface area contributed by atoms with Gasteiger partial charge in [0.1, 0.15) is 5.82 Å². The lowest BCUT2D eigenvalue weighted by Crippen LogP contribution is -1.89. The van der Waals surface area contributed by atoms with Crippen molar-refractivity contribution in [3.8, 4) is 0 Å². The van der Waals surface area contributed by atoms with E-state index in [4.69, 9.17) is 0 Å². The number of halogens is 1. The minimum absolute atomic E-state index is 0.0874. The number of rotatable bonds is 1. The van der Waals surface area contributed by atoms with Crippen molar-refractivity contribution in [3.05, 3.63) is 46.4 Å². The summed E-state index contributed by atoms with van der Waals surface area (Å²) in [6, 6.07) is 5.08. The standard InChI is InChI=1S/C9H5FN2O2/c10-8-3-4-11-9-5-6(12(13)14)1-2-7(8)9/h1-5H. The van der Waals surface area contributed by atoms with Crippen LogP contribution in [0, 0.1) is 15.9 Å². The molecular weight excluding hydrogens is 187 g/mol. The molecule has 1 aromatic heterocycles. The minimum atomic E-state index is -0.536. The summed E-state index contributed by atoms with van der Waals surface area (Å²) in [5.41, 5.74) is 0.204. The van der Waals surface area contributed by atoms with E-state index in [1.165, 1.54) is 30.5 Å². The van der Waals surface area contributed by atoms with E-state index in [0.29, 0.717) is 5.52 Å². The van der Waals surface area contributed by atoms with E-state index in [1.807, 2.05) is 0 Å². The second-order valence-electron chi connectivity index (χ2n) is 2.75. The van der Waals surface area contributed by atoms with Gasteiger partial charge in [0.2, 0.25) is 0 Å². The molecule has 0 unspecified atom stereocenters. The second-order valence-corrected chi connectivity index (χ2v) is 2.75. The molecule has 0 radical (unpaired) electrons. The van der Waals surface area contributed by atoms with Gasteiger partial charge in [-0.15, -0.1) is 0 Å². The molecule has 70 valence electrons. The summed E-state index contributed by atoms with van der Waals surface area (Å²) in [6.45, 7) is 0. The molecule has 1 heterocycles. The Labute approximate surface area is 78.2 Å². The SMILES string of the molecule is O=[N+]([O-])c1ccc2c(F)ccnc2c1. The van der Waals surface area contributed by atoms with Crippen molar-refractivity contribution in [2.24, 2.45) is 0 Å². The molecular formula is C9H5FN2O2. The molecule has 0 atom stereocenters. The second kappa shape index (κ2) is 3.02. The molecule has 14 heavy (non-hydrogen) atoms. The first-order chi connectivity index (χ1) is 6.68. The van der Waals surface area contributed by atoms with E-state index in [0.717, 1.165) is 0 Å². The van der Waals surface area contributed by atoms with E-state index in [2.05, 4.69) is 4.98 Å². The number of hydrogen-bond donors (Lipinski definition) is 0. The average molecular weight is 192 g/mol. The number of fused-ring (bicyclic) bond motifs is 1. The van der Waals surface area contributed by atoms with Crippen LogP contribution in [0.3, 0.4) is 0 Å². The van der Waals surface area contributed by atoms with E-state index < -0.39 is 10.7 Å². The van der Waals surface area contributed by atoms with Gasteiger partial charge in [-0.2, -0.15) is 0 Å². The van der Waals surface area contributed by atoms with Crippen LogP contribution < -0.4 is 0 Å². The van der Waals surface area contributed by atoms with Crippen LogP contribution in [0.25, 0.3) is 10.9 Å². The summed E-state index contributed by atoms with van der Waals surface area (Å²) in [6.07, 6.45) is 1.28. The van der Waals surface area contributed by atoms with Gasteiger partial charge in [-0.3, -0.25) is 15.1 Å². The van der Waals surface area contributed by atoms with Gasteiger partial charge >= 0.3 is 0 Å². The third-order valence-corrected chi connectivity index (χ3v) is 1.88. The lowest BCUT2D eigenvalue weighted by Gasteiger charge is -1.97. The van der Waals surface area contributed by atoms with Crippen LogP contribution in [0.15, 0.2) is 30.5 Å². The maximum atomic E-state index is 13.1. The highest BCUT2D eigenvalue weighted by molar-refractivity contribution is 5.81. The predicted octanol–water partition coefficient (Wildman–Crippen LogP) is 2.28. The molecule has 4 nitrogen and oxygen atoms in total. The molecule has 0 saturated heterocycles. The number of non-ortho nitro benzene ring substituents is 1. The zero-order valence-electron chi connectivity index (χ0n) is 6.98. The van der Waals surface area contributed by atoms with Gasteiger partial charge in [0.15, 0.2) is 0 Å². The first-order valence-corrected chi connectivity index (χ1v) is 3.87. The minimum Gasteiger partial charge on any atom is -0.258 e. The number of nitro benzene ring substituents is 1. The van der Waals surface area contributed by atoms with Crippen molar-refractivity contribution in [1.29, 1.82) is 0 Å². The van der Waals surface area contributed by atoms with Gasteiger partial charge in [0.05, 0.1) is 10.4 Å². The van der Waals surface area contributed by atoms with E-state index in [1.54, 1.807) is 0 Å². The molecule has 0 fully saturated rings. The number of benzene rings is 1. The fourth-order valence-electron chi connectivity index (χ4n) is 1.22. The van der Waals surface area contributed by atoms with Crippen LogP contribution in [0.1, 0.15) is 0 Å². The van der Waals surface area contributed by atoms with Crippen LogP contribution in [-0.4, -0.2) is 9.91 Å². The Morgan fingerprint density at radius 3 is 2.86 bits per heavy atom. The molecule has 0 N–H and O–H groups in total. The van der Waals surface area contributed by atoms with Crippen LogP contribution in [0.2, 0.25) is 0 Å². The Kier molecular flexibility index (Phi) is 1.85. The van der Waals surface area contributed by atoms with Crippen LogP contribution in [0.4, 0.5) is 10.1 Å². The van der Waals surface area contributed by atoms with Gasteiger partial charge in [0.25, 0.3) is 5.69 Å². The van der Waals surface area contributed by atoms with Gasteiger partial charge in [-0.05, 0) is 12.1 Å². The highest BCUT2D eigenvalue weighted by atomic mass is 19.1. The summed E-state index contributed by atoms with van der Waals surface area (Å²) in [7, 11) is 0. The van der Waals surface area contributed by atoms with Gasteiger partial charge in [-0.25, -0.2) is 4.39 Å². The maximum Gasteiger partial charge on any atom is 0.271 e. The van der Waals surface area contributed by atoms with Crippen LogP contribution in [-0.2, 0) is 0 Å². The molecule has 0 aliphatic carbocycles. The molecule has 0 amide bonds. The van der Waals surface area contributed by atoms with Crippen LogP contribution >= 0.6 is 0 Å². The lowest BCUT2D eigenvalue weighted by molar-refractivity contribution is -0.384. The number of pyridine rings is 1. The molecule has 2 aromatic rings. The van der Waals surface area contributed by atoms with E-state index in [-0.39, 0.29) is 11.1 Å². The Morgan fingerprint density at radius 1 is 1.36 bits per heavy atom. The number of hydrogen-bond acceptors (Lipinski definition) is 3. The molecule has 0 bridgehead atoms. The predicted molar refractivity (Wildman–Crippen MR) is 48.4 cm³/mol. The van der Waals surface area contributed by atoms with Gasteiger partial charge in [0, 0.05) is 23.7 Å². The highest BCUT2D eigenvalue weighted by Gasteiger charge is 2.08. The summed E-state index contributed by atoms with van der Waals surface area (Å²) in [5.74, 6) is -0.426. The van der Waals surface area contributed by atoms with E-state index in [9.17, 15) is 14.5 Å². The normalized spacial score (nSPS) is 10.4. The van der Waals surface area contributed by atoms with Crippen LogP contribution in [0.5, 0.6) is 0 Å². The molecule has 0 aliphatic heterocycles. The molecule has 1 aromatic carbocycles. The number of nitrogens with zero attached hydrogens (tertiary/aromatic N) is 2. The highest BCUT2D eigenvalue weighted by Crippen LogP contribution is 2.20. The topological polar surface area (TPSA) is 56.0 Å². The molecule has 0 saturated carbocycles. The quantitative estimate of drug-likeness (QED) is 0.514. The number of aromatic nitrogens is 1. The van der Waals surface area contributed by atoms with Crippen molar-refractivity contribution < 1.29 is 9.31 Å². The largest absolute Gasteiger partial charge is 0.271 e. The zero-order chi connectivity index (χ0) is 10.1. The summed E-state index contributed by atoms with van der Waals surface area (Å²) in [4.78, 5) is 13.7. The molecule has 0 spiro atoms. The summed E-state index contributed by atoms with van der Waals surface area (Å²) >= 11 is 0. The average Bonchev–Trinajstić information content (AvgIpc) is 2.17. The summed E-state index contributed by atoms with van der Waals surface area (Å²) < 4.78 is 13.1. The van der Waals surface area contributed by atoms with Crippen molar-refractivity contribution in [1.82, 2.24) is 4.98 Å². The molecule has 0 aliphatic rings. The van der Waals surface area contributed by atoms with Crippen molar-refractivity contribution >= 4 is 16.6 Å². The zero-order valence-corrected chi connectivity index (χ0v) is 6.98.